The topological polar surface area (TPSA) is 97.3 Å². The van der Waals surface area contributed by atoms with Gasteiger partial charge >= 0.3 is 12.0 Å². The summed E-state index contributed by atoms with van der Waals surface area (Å²) in [6.07, 6.45) is 2.47. The van der Waals surface area contributed by atoms with Crippen LogP contribution in [0.3, 0.4) is 0 Å². The van der Waals surface area contributed by atoms with Crippen LogP contribution in [0.25, 0.3) is 0 Å². The third kappa shape index (κ3) is 9.31. The minimum Gasteiger partial charge on any atom is -0.497 e. The monoisotopic (exact) mass is 472 g/mol. The summed E-state index contributed by atoms with van der Waals surface area (Å²) in [6.45, 7) is 5.68. The van der Waals surface area contributed by atoms with E-state index in [1.54, 1.807) is 55.3 Å². The van der Waals surface area contributed by atoms with Gasteiger partial charge in [-0.3, -0.25) is 0 Å². The van der Waals surface area contributed by atoms with Crippen molar-refractivity contribution >= 4 is 17.7 Å². The number of ether oxygens (including phenoxy) is 3. The van der Waals surface area contributed by atoms with E-state index in [2.05, 4.69) is 12.2 Å². The lowest BCUT2D eigenvalue weighted by Gasteiger charge is -2.23. The number of urea groups is 1. The lowest BCUT2D eigenvalue weighted by molar-refractivity contribution is -0.149. The smallest absolute Gasteiger partial charge is 0.333 e. The molecule has 2 N–H and O–H groups in total. The Balaban J connectivity index is 1.89. The molecule has 8 nitrogen and oxygen atoms in total. The summed E-state index contributed by atoms with van der Waals surface area (Å²) in [5.74, 6) is 0.419. The standard InChI is InChI=1S/C26H36N2O6/c1-4-6-7-16-28(26(31)27-21-10-14-22(32-3)15-11-21)17-18-34-23-12-8-20(9-13-23)19-24(25(29)30)33-5-2/h8-15,24H,4-7,16-19H2,1-3H3,(H,27,31)(H,29,30). The van der Waals surface area contributed by atoms with Gasteiger partial charge in [-0.05, 0) is 55.3 Å². The number of aliphatic carboxylic acids is 1. The van der Waals surface area contributed by atoms with Crippen molar-refractivity contribution in [3.8, 4) is 11.5 Å². The molecule has 0 saturated carbocycles. The van der Waals surface area contributed by atoms with Crippen LogP contribution in [0.5, 0.6) is 11.5 Å². The van der Waals surface area contributed by atoms with Gasteiger partial charge < -0.3 is 29.5 Å². The minimum absolute atomic E-state index is 0.171. The molecule has 0 radical (unpaired) electrons. The number of hydrogen-bond donors (Lipinski definition) is 2. The molecule has 0 aromatic heterocycles. The Kier molecular flexibility index (Phi) is 11.7. The lowest BCUT2D eigenvalue weighted by Crippen LogP contribution is -2.38. The number of hydrogen-bond acceptors (Lipinski definition) is 5. The molecule has 0 heterocycles. The molecule has 0 aliphatic rings. The van der Waals surface area contributed by atoms with Crippen molar-refractivity contribution < 1.29 is 28.9 Å². The molecule has 2 rings (SSSR count). The number of nitrogens with one attached hydrogen (secondary N) is 1. The number of benzene rings is 2. The van der Waals surface area contributed by atoms with Crippen molar-refractivity contribution in [1.29, 1.82) is 0 Å². The Labute approximate surface area is 201 Å². The number of carbonyl (C=O) groups is 2. The highest BCUT2D eigenvalue weighted by atomic mass is 16.5. The first kappa shape index (κ1) is 27.0. The molecule has 0 fully saturated rings. The molecule has 186 valence electrons. The zero-order chi connectivity index (χ0) is 24.8. The van der Waals surface area contributed by atoms with Gasteiger partial charge in [0.05, 0.1) is 13.7 Å². The predicted octanol–water partition coefficient (Wildman–Crippen LogP) is 4.83. The van der Waals surface area contributed by atoms with Gasteiger partial charge in [-0.15, -0.1) is 0 Å². The van der Waals surface area contributed by atoms with Gasteiger partial charge in [-0.2, -0.15) is 0 Å². The maximum absolute atomic E-state index is 12.8. The van der Waals surface area contributed by atoms with Crippen LogP contribution in [0.1, 0.15) is 38.7 Å². The molecule has 2 aromatic carbocycles. The lowest BCUT2D eigenvalue weighted by atomic mass is 10.1. The highest BCUT2D eigenvalue weighted by molar-refractivity contribution is 5.89. The van der Waals surface area contributed by atoms with E-state index in [0.717, 1.165) is 30.6 Å². The third-order valence-corrected chi connectivity index (χ3v) is 5.28. The number of methoxy groups -OCH3 is 1. The van der Waals surface area contributed by atoms with Gasteiger partial charge in [0, 0.05) is 25.3 Å². The van der Waals surface area contributed by atoms with Crippen LogP contribution in [0.15, 0.2) is 48.5 Å². The summed E-state index contributed by atoms with van der Waals surface area (Å²) >= 11 is 0. The number of carboxylic acid groups (broad SMARTS) is 1. The van der Waals surface area contributed by atoms with E-state index in [1.807, 2.05) is 12.1 Å². The molecule has 2 aromatic rings. The number of amides is 2. The molecule has 34 heavy (non-hydrogen) atoms. The number of anilines is 1. The molecular formula is C26H36N2O6. The Hall–Kier alpha value is -3.26. The number of rotatable bonds is 15. The van der Waals surface area contributed by atoms with E-state index in [-0.39, 0.29) is 6.03 Å². The largest absolute Gasteiger partial charge is 0.497 e. The second-order valence-corrected chi connectivity index (χ2v) is 7.83. The number of carboxylic acids is 1. The highest BCUT2D eigenvalue weighted by Gasteiger charge is 2.18. The van der Waals surface area contributed by atoms with E-state index >= 15 is 0 Å². The van der Waals surface area contributed by atoms with Crippen LogP contribution in [0.4, 0.5) is 10.5 Å². The highest BCUT2D eigenvalue weighted by Crippen LogP contribution is 2.17. The summed E-state index contributed by atoms with van der Waals surface area (Å²) in [7, 11) is 1.60. The number of carbonyl (C=O) groups excluding carboxylic acids is 1. The van der Waals surface area contributed by atoms with Crippen molar-refractivity contribution in [2.45, 2.75) is 45.6 Å². The predicted molar refractivity (Wildman–Crippen MR) is 132 cm³/mol. The summed E-state index contributed by atoms with van der Waals surface area (Å²) in [5, 5.41) is 12.2. The molecular weight excluding hydrogens is 436 g/mol. The average molecular weight is 473 g/mol. The third-order valence-electron chi connectivity index (χ3n) is 5.28. The maximum Gasteiger partial charge on any atom is 0.333 e. The molecule has 1 atom stereocenters. The second kappa shape index (κ2) is 14.8. The normalized spacial score (nSPS) is 11.5. The van der Waals surface area contributed by atoms with Crippen LogP contribution in [-0.2, 0) is 16.0 Å². The average Bonchev–Trinajstić information content (AvgIpc) is 2.84. The zero-order valence-corrected chi connectivity index (χ0v) is 20.3. The molecule has 0 spiro atoms. The first-order valence-corrected chi connectivity index (χ1v) is 11.7. The van der Waals surface area contributed by atoms with Gasteiger partial charge in [-0.25, -0.2) is 9.59 Å². The molecule has 0 aliphatic heterocycles. The quantitative estimate of drug-likeness (QED) is 0.360. The molecule has 1 unspecified atom stereocenters. The van der Waals surface area contributed by atoms with E-state index in [9.17, 15) is 14.7 Å². The zero-order valence-electron chi connectivity index (χ0n) is 20.3. The van der Waals surface area contributed by atoms with E-state index < -0.39 is 12.1 Å². The van der Waals surface area contributed by atoms with Crippen LogP contribution in [0.2, 0.25) is 0 Å². The maximum atomic E-state index is 12.8. The Morgan fingerprint density at radius 1 is 0.971 bits per heavy atom. The Bertz CT molecular complexity index is 870. The van der Waals surface area contributed by atoms with Gasteiger partial charge in [0.2, 0.25) is 0 Å². The minimum atomic E-state index is -0.974. The van der Waals surface area contributed by atoms with Crippen molar-refractivity contribution in [1.82, 2.24) is 4.90 Å². The van der Waals surface area contributed by atoms with Gasteiger partial charge in [-0.1, -0.05) is 31.9 Å². The van der Waals surface area contributed by atoms with Gasteiger partial charge in [0.25, 0.3) is 0 Å². The fourth-order valence-corrected chi connectivity index (χ4v) is 3.37. The SMILES string of the molecule is CCCCCN(CCOc1ccc(CC(OCC)C(=O)O)cc1)C(=O)Nc1ccc(OC)cc1. The Morgan fingerprint density at radius 2 is 1.65 bits per heavy atom. The number of nitrogens with zero attached hydrogens (tertiary/aromatic N) is 1. The van der Waals surface area contributed by atoms with Crippen LogP contribution in [-0.4, -0.2) is 61.5 Å². The molecule has 0 saturated heterocycles. The Morgan fingerprint density at radius 3 is 2.24 bits per heavy atom. The van der Waals surface area contributed by atoms with Crippen molar-refractivity contribution in [3.05, 3.63) is 54.1 Å². The molecule has 8 heteroatoms. The van der Waals surface area contributed by atoms with Crippen LogP contribution >= 0.6 is 0 Å². The first-order chi connectivity index (χ1) is 16.5. The van der Waals surface area contributed by atoms with Crippen LogP contribution in [0, 0.1) is 0 Å². The first-order valence-electron chi connectivity index (χ1n) is 11.7. The molecule has 2 amide bonds. The van der Waals surface area contributed by atoms with Crippen LogP contribution < -0.4 is 14.8 Å². The second-order valence-electron chi connectivity index (χ2n) is 7.83. The molecule has 0 bridgehead atoms. The number of unbranched alkanes of at least 4 members (excludes halogenated alkanes) is 2. The van der Waals surface area contributed by atoms with E-state index in [4.69, 9.17) is 14.2 Å². The fourth-order valence-electron chi connectivity index (χ4n) is 3.37. The van der Waals surface area contributed by atoms with E-state index in [0.29, 0.717) is 44.2 Å². The summed E-state index contributed by atoms with van der Waals surface area (Å²) < 4.78 is 16.3. The van der Waals surface area contributed by atoms with Gasteiger partial charge in [0.15, 0.2) is 6.10 Å². The van der Waals surface area contributed by atoms with Crippen molar-refractivity contribution in [2.24, 2.45) is 0 Å². The summed E-state index contributed by atoms with van der Waals surface area (Å²) in [4.78, 5) is 25.9. The fraction of sp³-hybridized carbons (Fsp3) is 0.462. The summed E-state index contributed by atoms with van der Waals surface area (Å²) in [5.41, 5.74) is 1.56. The van der Waals surface area contributed by atoms with Crippen molar-refractivity contribution in [2.75, 3.05) is 38.7 Å². The van der Waals surface area contributed by atoms with E-state index in [1.165, 1.54) is 0 Å². The van der Waals surface area contributed by atoms with Crippen molar-refractivity contribution in [3.63, 3.8) is 0 Å². The summed E-state index contributed by atoms with van der Waals surface area (Å²) in [6, 6.07) is 14.3. The van der Waals surface area contributed by atoms with Gasteiger partial charge in [0.1, 0.15) is 18.1 Å². The molecule has 0 aliphatic carbocycles.